The zero-order chi connectivity index (χ0) is 14.4. The molecule has 0 atom stereocenters. The van der Waals surface area contributed by atoms with Gasteiger partial charge in [0.15, 0.2) is 11.7 Å². The van der Waals surface area contributed by atoms with Crippen LogP contribution in [0.4, 0.5) is 5.69 Å². The molecule has 3 N–H and O–H groups in total. The third-order valence-corrected chi connectivity index (χ3v) is 2.66. The van der Waals surface area contributed by atoms with Gasteiger partial charge >= 0.3 is 0 Å². The second-order valence-electron chi connectivity index (χ2n) is 4.35. The molecule has 7 heteroatoms. The van der Waals surface area contributed by atoms with Gasteiger partial charge in [-0.25, -0.2) is 4.99 Å². The minimum Gasteiger partial charge on any atom is -0.380 e. The highest BCUT2D eigenvalue weighted by atomic mass is 127. The Bertz CT molecular complexity index is 598. The fourth-order valence-electron chi connectivity index (χ4n) is 1.76. The van der Waals surface area contributed by atoms with Crippen molar-refractivity contribution in [1.29, 1.82) is 0 Å². The Morgan fingerprint density at radius 2 is 2.19 bits per heavy atom. The lowest BCUT2D eigenvalue weighted by atomic mass is 10.2. The number of anilines is 1. The standard InChI is InChI=1S/C14H18N4O2.HI/c1-10-7-12(20-18-10)8-16-14(15)17-13-6-4-3-5-11(13)9-19-2;/h3-7H,8-9H2,1-2H3,(H3,15,16,17);1H. The number of hydrogen-bond acceptors (Lipinski definition) is 4. The van der Waals surface area contributed by atoms with E-state index in [9.17, 15) is 0 Å². The molecule has 0 aliphatic rings. The molecule has 0 bridgehead atoms. The fraction of sp³-hybridized carbons (Fsp3) is 0.286. The van der Waals surface area contributed by atoms with Crippen molar-refractivity contribution in [1.82, 2.24) is 5.16 Å². The molecule has 2 aromatic rings. The van der Waals surface area contributed by atoms with Crippen molar-refractivity contribution in [3.63, 3.8) is 0 Å². The molecular formula is C14H19IN4O2. The van der Waals surface area contributed by atoms with Crippen molar-refractivity contribution in [3.05, 3.63) is 47.3 Å². The van der Waals surface area contributed by atoms with E-state index in [4.69, 9.17) is 15.0 Å². The van der Waals surface area contributed by atoms with Crippen molar-refractivity contribution < 1.29 is 9.26 Å². The third-order valence-electron chi connectivity index (χ3n) is 2.66. The molecular weight excluding hydrogens is 383 g/mol. The van der Waals surface area contributed by atoms with E-state index in [0.717, 1.165) is 16.9 Å². The van der Waals surface area contributed by atoms with Crippen LogP contribution in [0.3, 0.4) is 0 Å². The van der Waals surface area contributed by atoms with E-state index >= 15 is 0 Å². The van der Waals surface area contributed by atoms with Crippen molar-refractivity contribution >= 4 is 35.6 Å². The molecule has 114 valence electrons. The topological polar surface area (TPSA) is 85.7 Å². The van der Waals surface area contributed by atoms with Crippen LogP contribution in [0.15, 0.2) is 39.8 Å². The van der Waals surface area contributed by atoms with Gasteiger partial charge in [0.2, 0.25) is 0 Å². The summed E-state index contributed by atoms with van der Waals surface area (Å²) in [6, 6.07) is 9.60. The van der Waals surface area contributed by atoms with Gasteiger partial charge in [0, 0.05) is 24.4 Å². The summed E-state index contributed by atoms with van der Waals surface area (Å²) in [4.78, 5) is 4.21. The highest BCUT2D eigenvalue weighted by Crippen LogP contribution is 2.15. The average Bonchev–Trinajstić information content (AvgIpc) is 2.85. The molecule has 0 aliphatic heterocycles. The number of halogens is 1. The largest absolute Gasteiger partial charge is 0.380 e. The summed E-state index contributed by atoms with van der Waals surface area (Å²) in [5.41, 5.74) is 8.58. The average molecular weight is 402 g/mol. The first kappa shape index (κ1) is 17.4. The van der Waals surface area contributed by atoms with Crippen LogP contribution in [-0.2, 0) is 17.9 Å². The molecule has 0 saturated carbocycles. The van der Waals surface area contributed by atoms with E-state index in [-0.39, 0.29) is 24.0 Å². The first-order valence-electron chi connectivity index (χ1n) is 6.25. The van der Waals surface area contributed by atoms with Crippen LogP contribution in [0.1, 0.15) is 17.0 Å². The van der Waals surface area contributed by atoms with Crippen LogP contribution in [0.25, 0.3) is 0 Å². The molecule has 1 aromatic carbocycles. The number of aliphatic imine (C=N–C) groups is 1. The van der Waals surface area contributed by atoms with Gasteiger partial charge in [-0.3, -0.25) is 0 Å². The number of nitrogens with zero attached hydrogens (tertiary/aromatic N) is 2. The van der Waals surface area contributed by atoms with Gasteiger partial charge in [-0.2, -0.15) is 0 Å². The number of methoxy groups -OCH3 is 1. The number of benzene rings is 1. The summed E-state index contributed by atoms with van der Waals surface area (Å²) in [6.45, 7) is 2.73. The second kappa shape index (κ2) is 8.63. The highest BCUT2D eigenvalue weighted by molar-refractivity contribution is 14.0. The van der Waals surface area contributed by atoms with Crippen molar-refractivity contribution in [3.8, 4) is 0 Å². The second-order valence-corrected chi connectivity index (χ2v) is 4.35. The molecule has 0 fully saturated rings. The summed E-state index contributed by atoms with van der Waals surface area (Å²) < 4.78 is 10.2. The summed E-state index contributed by atoms with van der Waals surface area (Å²) in [7, 11) is 1.65. The third kappa shape index (κ3) is 5.35. The molecule has 6 nitrogen and oxygen atoms in total. The molecule has 0 amide bonds. The number of nitrogens with one attached hydrogen (secondary N) is 1. The number of ether oxygens (including phenoxy) is 1. The lowest BCUT2D eigenvalue weighted by molar-refractivity contribution is 0.185. The lowest BCUT2D eigenvalue weighted by Crippen LogP contribution is -2.23. The van der Waals surface area contributed by atoms with Crippen LogP contribution in [0.5, 0.6) is 0 Å². The monoisotopic (exact) mass is 402 g/mol. The van der Waals surface area contributed by atoms with Crippen LogP contribution >= 0.6 is 24.0 Å². The summed E-state index contributed by atoms with van der Waals surface area (Å²) in [5.74, 6) is 1.00. The SMILES string of the molecule is COCc1ccccc1NC(N)=NCc1cc(C)no1.I. The quantitative estimate of drug-likeness (QED) is 0.456. The van der Waals surface area contributed by atoms with Crippen LogP contribution in [-0.4, -0.2) is 18.2 Å². The number of para-hydroxylation sites is 1. The van der Waals surface area contributed by atoms with Gasteiger partial charge in [-0.1, -0.05) is 23.4 Å². The van der Waals surface area contributed by atoms with Gasteiger partial charge in [0.25, 0.3) is 0 Å². The number of hydrogen-bond donors (Lipinski definition) is 2. The van der Waals surface area contributed by atoms with E-state index in [1.54, 1.807) is 7.11 Å². The summed E-state index contributed by atoms with van der Waals surface area (Å²) in [5, 5.41) is 6.85. The summed E-state index contributed by atoms with van der Waals surface area (Å²) >= 11 is 0. The molecule has 0 spiro atoms. The lowest BCUT2D eigenvalue weighted by Gasteiger charge is -2.10. The zero-order valence-electron chi connectivity index (χ0n) is 12.0. The molecule has 0 saturated heterocycles. The van der Waals surface area contributed by atoms with Gasteiger partial charge in [0.05, 0.1) is 12.3 Å². The van der Waals surface area contributed by atoms with Crippen molar-refractivity contribution in [2.45, 2.75) is 20.1 Å². The Labute approximate surface area is 140 Å². The number of rotatable bonds is 5. The number of nitrogens with two attached hydrogens (primary N) is 1. The van der Waals surface area contributed by atoms with Crippen molar-refractivity contribution in [2.75, 3.05) is 12.4 Å². The molecule has 0 radical (unpaired) electrons. The predicted molar refractivity (Wildman–Crippen MR) is 92.8 cm³/mol. The molecule has 2 rings (SSSR count). The van der Waals surface area contributed by atoms with E-state index < -0.39 is 0 Å². The molecule has 21 heavy (non-hydrogen) atoms. The van der Waals surface area contributed by atoms with Crippen molar-refractivity contribution in [2.24, 2.45) is 10.7 Å². The minimum atomic E-state index is 0. The Morgan fingerprint density at radius 3 is 2.86 bits per heavy atom. The number of aryl methyl sites for hydroxylation is 1. The minimum absolute atomic E-state index is 0. The van der Waals surface area contributed by atoms with Gasteiger partial charge < -0.3 is 20.3 Å². The van der Waals surface area contributed by atoms with Gasteiger partial charge in [-0.15, -0.1) is 24.0 Å². The molecule has 0 unspecified atom stereocenters. The Hall–Kier alpha value is -1.61. The normalized spacial score (nSPS) is 11.0. The summed E-state index contributed by atoms with van der Waals surface area (Å²) in [6.07, 6.45) is 0. The van der Waals surface area contributed by atoms with Crippen LogP contribution in [0, 0.1) is 6.92 Å². The van der Waals surface area contributed by atoms with Crippen LogP contribution < -0.4 is 11.1 Å². The smallest absolute Gasteiger partial charge is 0.193 e. The number of aromatic nitrogens is 1. The maximum Gasteiger partial charge on any atom is 0.193 e. The Kier molecular flexibility index (Phi) is 7.17. The number of guanidine groups is 1. The van der Waals surface area contributed by atoms with Gasteiger partial charge in [-0.05, 0) is 13.0 Å². The zero-order valence-corrected chi connectivity index (χ0v) is 14.3. The Morgan fingerprint density at radius 1 is 1.43 bits per heavy atom. The van der Waals surface area contributed by atoms with Gasteiger partial charge in [0.1, 0.15) is 6.54 Å². The van der Waals surface area contributed by atoms with E-state index in [1.165, 1.54) is 0 Å². The first-order valence-corrected chi connectivity index (χ1v) is 6.25. The molecule has 1 heterocycles. The maximum absolute atomic E-state index is 5.86. The molecule has 1 aromatic heterocycles. The van der Waals surface area contributed by atoms with E-state index in [1.807, 2.05) is 37.3 Å². The Balaban J connectivity index is 0.00000220. The maximum atomic E-state index is 5.86. The van der Waals surface area contributed by atoms with Crippen LogP contribution in [0.2, 0.25) is 0 Å². The predicted octanol–water partition coefficient (Wildman–Crippen LogP) is 2.67. The fourth-order valence-corrected chi connectivity index (χ4v) is 1.76. The highest BCUT2D eigenvalue weighted by Gasteiger charge is 2.03. The van der Waals surface area contributed by atoms with E-state index in [2.05, 4.69) is 15.5 Å². The van der Waals surface area contributed by atoms with E-state index in [0.29, 0.717) is 24.9 Å². The molecule has 0 aliphatic carbocycles. The first-order chi connectivity index (χ1) is 9.69.